The lowest BCUT2D eigenvalue weighted by molar-refractivity contribution is 0.244. The van der Waals surface area contributed by atoms with Crippen molar-refractivity contribution in [3.05, 3.63) is 68.0 Å². The standard InChI is InChI=1S/C20H22N4OS/c1-2-3-15-4-5-16(26-15)12-24-11-8-18-17(13-24)20(25)23-19(22-18)14-6-9-21-10-7-14/h4-7,9-10H,2-3,8,11-13H2,1H3,(H,22,23,25). The van der Waals surface area contributed by atoms with Gasteiger partial charge in [-0.05, 0) is 30.7 Å². The summed E-state index contributed by atoms with van der Waals surface area (Å²) in [5, 5.41) is 0. The van der Waals surface area contributed by atoms with Crippen LogP contribution in [0.2, 0.25) is 0 Å². The van der Waals surface area contributed by atoms with Gasteiger partial charge in [-0.25, -0.2) is 4.98 Å². The minimum atomic E-state index is -0.0237. The van der Waals surface area contributed by atoms with E-state index in [1.807, 2.05) is 23.5 Å². The van der Waals surface area contributed by atoms with Crippen LogP contribution in [-0.2, 0) is 25.9 Å². The van der Waals surface area contributed by atoms with Crippen LogP contribution in [0.25, 0.3) is 11.4 Å². The second-order valence-corrected chi connectivity index (χ2v) is 7.91. The molecular weight excluding hydrogens is 344 g/mol. The Hall–Kier alpha value is -2.31. The quantitative estimate of drug-likeness (QED) is 0.752. The van der Waals surface area contributed by atoms with Gasteiger partial charge in [0.05, 0.1) is 11.3 Å². The lowest BCUT2D eigenvalue weighted by Gasteiger charge is -2.27. The lowest BCUT2D eigenvalue weighted by Crippen LogP contribution is -2.35. The summed E-state index contributed by atoms with van der Waals surface area (Å²) in [5.74, 6) is 0.632. The van der Waals surface area contributed by atoms with Crippen molar-refractivity contribution in [3.63, 3.8) is 0 Å². The molecule has 0 fully saturated rings. The highest BCUT2D eigenvalue weighted by Gasteiger charge is 2.22. The Morgan fingerprint density at radius 1 is 1.19 bits per heavy atom. The summed E-state index contributed by atoms with van der Waals surface area (Å²) in [6.07, 6.45) is 6.56. The molecule has 1 N–H and O–H groups in total. The highest BCUT2D eigenvalue weighted by atomic mass is 32.1. The molecule has 0 aromatic carbocycles. The van der Waals surface area contributed by atoms with Crippen molar-refractivity contribution in [1.82, 2.24) is 19.9 Å². The Labute approximate surface area is 156 Å². The maximum atomic E-state index is 12.6. The van der Waals surface area contributed by atoms with Gasteiger partial charge in [0.25, 0.3) is 5.56 Å². The first kappa shape index (κ1) is 17.1. The molecule has 0 unspecified atom stereocenters. The minimum Gasteiger partial charge on any atom is -0.306 e. The molecule has 0 radical (unpaired) electrons. The average Bonchev–Trinajstić information content (AvgIpc) is 3.10. The Kier molecular flexibility index (Phi) is 4.95. The van der Waals surface area contributed by atoms with E-state index in [0.717, 1.165) is 42.8 Å². The molecule has 1 aliphatic heterocycles. The van der Waals surface area contributed by atoms with Gasteiger partial charge < -0.3 is 4.98 Å². The first-order chi connectivity index (χ1) is 12.7. The van der Waals surface area contributed by atoms with Gasteiger partial charge in [-0.15, -0.1) is 11.3 Å². The van der Waals surface area contributed by atoms with E-state index in [-0.39, 0.29) is 5.56 Å². The molecule has 0 aliphatic carbocycles. The SMILES string of the molecule is CCCc1ccc(CN2CCc3nc(-c4ccncc4)[nH]c(=O)c3C2)s1. The molecule has 0 amide bonds. The number of thiophene rings is 1. The van der Waals surface area contributed by atoms with Crippen LogP contribution in [0.1, 0.15) is 34.4 Å². The van der Waals surface area contributed by atoms with Crippen molar-refractivity contribution in [2.45, 2.75) is 39.3 Å². The fraction of sp³-hybridized carbons (Fsp3) is 0.350. The molecule has 6 heteroatoms. The fourth-order valence-corrected chi connectivity index (χ4v) is 4.53. The number of hydrogen-bond donors (Lipinski definition) is 1. The first-order valence-electron chi connectivity index (χ1n) is 9.05. The third-order valence-corrected chi connectivity index (χ3v) is 5.82. The number of rotatable bonds is 5. The van der Waals surface area contributed by atoms with E-state index in [2.05, 4.69) is 33.9 Å². The van der Waals surface area contributed by atoms with E-state index in [1.165, 1.54) is 16.2 Å². The van der Waals surface area contributed by atoms with Gasteiger partial charge in [-0.2, -0.15) is 0 Å². The van der Waals surface area contributed by atoms with E-state index in [1.54, 1.807) is 12.4 Å². The van der Waals surface area contributed by atoms with Crippen molar-refractivity contribution < 1.29 is 0 Å². The Bertz CT molecular complexity index is 948. The summed E-state index contributed by atoms with van der Waals surface area (Å²) >= 11 is 1.89. The van der Waals surface area contributed by atoms with E-state index in [0.29, 0.717) is 12.4 Å². The van der Waals surface area contributed by atoms with Gasteiger partial charge in [0, 0.05) is 53.8 Å². The molecule has 0 spiro atoms. The number of pyridine rings is 1. The smallest absolute Gasteiger partial charge is 0.255 e. The van der Waals surface area contributed by atoms with Crippen LogP contribution < -0.4 is 5.56 Å². The minimum absolute atomic E-state index is 0.0237. The molecular formula is C20H22N4OS. The third kappa shape index (κ3) is 3.61. The van der Waals surface area contributed by atoms with E-state index < -0.39 is 0 Å². The van der Waals surface area contributed by atoms with Gasteiger partial charge in [-0.3, -0.25) is 14.7 Å². The maximum Gasteiger partial charge on any atom is 0.255 e. The number of fused-ring (bicyclic) bond motifs is 1. The summed E-state index contributed by atoms with van der Waals surface area (Å²) < 4.78 is 0. The molecule has 5 nitrogen and oxygen atoms in total. The first-order valence-corrected chi connectivity index (χ1v) is 9.87. The highest BCUT2D eigenvalue weighted by Crippen LogP contribution is 2.23. The summed E-state index contributed by atoms with van der Waals surface area (Å²) in [4.78, 5) is 29.4. The molecule has 3 aromatic heterocycles. The van der Waals surface area contributed by atoms with Gasteiger partial charge in [0.15, 0.2) is 0 Å². The number of hydrogen-bond acceptors (Lipinski definition) is 5. The van der Waals surface area contributed by atoms with Crippen LogP contribution >= 0.6 is 11.3 Å². The second kappa shape index (κ2) is 7.51. The van der Waals surface area contributed by atoms with Crippen molar-refractivity contribution in [1.29, 1.82) is 0 Å². The zero-order valence-corrected chi connectivity index (χ0v) is 15.7. The normalized spacial score (nSPS) is 14.3. The van der Waals surface area contributed by atoms with Crippen LogP contribution in [0.3, 0.4) is 0 Å². The molecule has 4 rings (SSSR count). The Morgan fingerprint density at radius 2 is 2.00 bits per heavy atom. The predicted octanol–water partition coefficient (Wildman–Crippen LogP) is 3.40. The summed E-state index contributed by atoms with van der Waals surface area (Å²) in [7, 11) is 0. The van der Waals surface area contributed by atoms with Crippen molar-refractivity contribution >= 4 is 11.3 Å². The largest absolute Gasteiger partial charge is 0.306 e. The topological polar surface area (TPSA) is 61.9 Å². The lowest BCUT2D eigenvalue weighted by atomic mass is 10.1. The molecule has 0 saturated heterocycles. The average molecular weight is 366 g/mol. The number of aromatic nitrogens is 3. The van der Waals surface area contributed by atoms with Gasteiger partial charge in [0.1, 0.15) is 5.82 Å². The third-order valence-electron chi connectivity index (χ3n) is 4.69. The van der Waals surface area contributed by atoms with Crippen LogP contribution in [-0.4, -0.2) is 26.4 Å². The fourth-order valence-electron chi connectivity index (χ4n) is 3.37. The number of nitrogens with zero attached hydrogens (tertiary/aromatic N) is 3. The van der Waals surface area contributed by atoms with Crippen LogP contribution in [0, 0.1) is 0 Å². The monoisotopic (exact) mass is 366 g/mol. The molecule has 1 aliphatic rings. The predicted molar refractivity (Wildman–Crippen MR) is 104 cm³/mol. The van der Waals surface area contributed by atoms with Gasteiger partial charge in [0.2, 0.25) is 0 Å². The zero-order valence-electron chi connectivity index (χ0n) is 14.9. The summed E-state index contributed by atoms with van der Waals surface area (Å²) in [5.41, 5.74) is 2.60. The van der Waals surface area contributed by atoms with Gasteiger partial charge in [-0.1, -0.05) is 13.3 Å². The number of aryl methyl sites for hydroxylation is 1. The molecule has 4 heterocycles. The highest BCUT2D eigenvalue weighted by molar-refractivity contribution is 7.11. The maximum absolute atomic E-state index is 12.6. The van der Waals surface area contributed by atoms with Crippen LogP contribution in [0.5, 0.6) is 0 Å². The van der Waals surface area contributed by atoms with Crippen molar-refractivity contribution in [2.24, 2.45) is 0 Å². The molecule has 3 aromatic rings. The second-order valence-electron chi connectivity index (χ2n) is 6.65. The van der Waals surface area contributed by atoms with Crippen LogP contribution in [0.4, 0.5) is 0 Å². The molecule has 0 saturated carbocycles. The van der Waals surface area contributed by atoms with Crippen molar-refractivity contribution in [2.75, 3.05) is 6.54 Å². The number of aromatic amines is 1. The molecule has 134 valence electrons. The molecule has 0 bridgehead atoms. The Balaban J connectivity index is 1.52. The van der Waals surface area contributed by atoms with Crippen molar-refractivity contribution in [3.8, 4) is 11.4 Å². The van der Waals surface area contributed by atoms with E-state index in [4.69, 9.17) is 4.98 Å². The molecule has 26 heavy (non-hydrogen) atoms. The summed E-state index contributed by atoms with van der Waals surface area (Å²) in [6.45, 7) is 4.70. The summed E-state index contributed by atoms with van der Waals surface area (Å²) in [6, 6.07) is 8.19. The number of nitrogens with one attached hydrogen (secondary N) is 1. The van der Waals surface area contributed by atoms with Crippen LogP contribution in [0.15, 0.2) is 41.5 Å². The van der Waals surface area contributed by atoms with E-state index >= 15 is 0 Å². The number of H-pyrrole nitrogens is 1. The van der Waals surface area contributed by atoms with E-state index in [9.17, 15) is 4.79 Å². The molecule has 0 atom stereocenters. The Morgan fingerprint density at radius 3 is 2.81 bits per heavy atom. The van der Waals surface area contributed by atoms with Gasteiger partial charge >= 0.3 is 0 Å². The zero-order chi connectivity index (χ0) is 17.9.